The van der Waals surface area contributed by atoms with Crippen LogP contribution in [0.5, 0.6) is 0 Å². The van der Waals surface area contributed by atoms with Gasteiger partial charge in [-0.2, -0.15) is 9.67 Å². The maximum Gasteiger partial charge on any atom is 0.313 e. The highest BCUT2D eigenvalue weighted by Crippen LogP contribution is 2.35. The molecule has 3 aromatic heterocycles. The third-order valence-electron chi connectivity index (χ3n) is 7.46. The number of nitrogens with zero attached hydrogens (tertiary/aromatic N) is 6. The lowest BCUT2D eigenvalue weighted by molar-refractivity contribution is -0.749. The van der Waals surface area contributed by atoms with Crippen LogP contribution in [0.25, 0.3) is 16.9 Å². The van der Waals surface area contributed by atoms with E-state index < -0.39 is 17.1 Å². The predicted molar refractivity (Wildman–Crippen MR) is 135 cm³/mol. The average Bonchev–Trinajstić information content (AvgIpc) is 3.36. The van der Waals surface area contributed by atoms with E-state index in [1.807, 2.05) is 17.6 Å². The first-order chi connectivity index (χ1) is 18.0. The Bertz CT molecular complexity index is 1690. The number of aromatic amines is 1. The largest absolute Gasteiger partial charge is 0.330 e. The van der Waals surface area contributed by atoms with E-state index in [-0.39, 0.29) is 29.2 Å². The number of imidazole rings is 1. The molecule has 11 heteroatoms. The molecular formula is C27H27FN7O3+. The molecule has 0 saturated carbocycles. The van der Waals surface area contributed by atoms with Crippen LogP contribution in [0, 0.1) is 5.82 Å². The van der Waals surface area contributed by atoms with E-state index in [0.717, 1.165) is 16.8 Å². The van der Waals surface area contributed by atoms with Crippen LogP contribution in [-0.4, -0.2) is 61.1 Å². The van der Waals surface area contributed by atoms with Crippen LogP contribution < -0.4 is 10.1 Å². The first-order valence-corrected chi connectivity index (χ1v) is 12.4. The number of halogens is 1. The molecule has 0 aliphatic carbocycles. The number of rotatable bonds is 2. The van der Waals surface area contributed by atoms with Gasteiger partial charge in [0, 0.05) is 31.8 Å². The topological polar surface area (TPSA) is 108 Å². The molecule has 1 atom stereocenters. The maximum absolute atomic E-state index is 13.6. The highest BCUT2D eigenvalue weighted by molar-refractivity contribution is 5.95. The molecule has 1 N–H and O–H groups in total. The van der Waals surface area contributed by atoms with E-state index in [2.05, 4.69) is 31.0 Å². The standard InChI is InChI=1S/C27H26FN7O3/c1-26(2,3)19-13-20(16-5-7-17(28)8-6-16)31-34-14-21-25(38)33-12-11-32(15-27(33,4)35(21)23(19)34)24(37)18-9-10-29-30-22(18)36/h5-10,13-14H,11-12,15H2,1-4H3/p+1. The van der Waals surface area contributed by atoms with Gasteiger partial charge in [0.25, 0.3) is 11.5 Å². The van der Waals surface area contributed by atoms with Crippen molar-refractivity contribution in [1.82, 2.24) is 29.6 Å². The molecule has 194 valence electrons. The monoisotopic (exact) mass is 516 g/mol. The fourth-order valence-corrected chi connectivity index (χ4v) is 5.56. The van der Waals surface area contributed by atoms with Gasteiger partial charge in [0.1, 0.15) is 17.1 Å². The molecule has 6 rings (SSSR count). The van der Waals surface area contributed by atoms with E-state index in [1.165, 1.54) is 24.4 Å². The third kappa shape index (κ3) is 3.45. The molecule has 1 saturated heterocycles. The van der Waals surface area contributed by atoms with Crippen LogP contribution in [0.3, 0.4) is 0 Å². The van der Waals surface area contributed by atoms with Crippen molar-refractivity contribution in [2.45, 2.75) is 38.8 Å². The number of benzene rings is 1. The van der Waals surface area contributed by atoms with Gasteiger partial charge in [-0.25, -0.2) is 9.49 Å². The van der Waals surface area contributed by atoms with Crippen molar-refractivity contribution < 1.29 is 18.5 Å². The number of nitrogens with one attached hydrogen (secondary N) is 1. The van der Waals surface area contributed by atoms with E-state index in [4.69, 9.17) is 5.10 Å². The Kier molecular flexibility index (Phi) is 5.07. The average molecular weight is 517 g/mol. The minimum absolute atomic E-state index is 0.00863. The van der Waals surface area contributed by atoms with Gasteiger partial charge in [0.05, 0.1) is 12.1 Å². The molecule has 1 unspecified atom stereocenters. The summed E-state index contributed by atoms with van der Waals surface area (Å²) < 4.78 is 17.3. The molecule has 0 bridgehead atoms. The summed E-state index contributed by atoms with van der Waals surface area (Å²) in [6.45, 7) is 9.00. The Labute approximate surface area is 217 Å². The fourth-order valence-electron chi connectivity index (χ4n) is 5.56. The molecule has 38 heavy (non-hydrogen) atoms. The molecule has 1 aromatic carbocycles. The van der Waals surface area contributed by atoms with E-state index in [1.54, 1.807) is 32.6 Å². The molecule has 5 heterocycles. The van der Waals surface area contributed by atoms with Gasteiger partial charge in [-0.1, -0.05) is 30.4 Å². The number of fused-ring (bicyclic) bond motifs is 5. The number of aromatic nitrogens is 5. The number of amides is 2. The quantitative estimate of drug-likeness (QED) is 0.411. The first kappa shape index (κ1) is 24.0. The zero-order chi connectivity index (χ0) is 27.0. The molecule has 4 aromatic rings. The summed E-state index contributed by atoms with van der Waals surface area (Å²) in [6, 6.07) is 9.54. The Morgan fingerprint density at radius 1 is 1.13 bits per heavy atom. The van der Waals surface area contributed by atoms with Crippen LogP contribution in [0.2, 0.25) is 0 Å². The molecule has 2 aliphatic heterocycles. The van der Waals surface area contributed by atoms with Crippen molar-refractivity contribution in [2.24, 2.45) is 0 Å². The second-order valence-corrected chi connectivity index (χ2v) is 11.0. The van der Waals surface area contributed by atoms with Gasteiger partial charge in [-0.05, 0) is 41.8 Å². The normalized spacial score (nSPS) is 19.1. The molecule has 10 nitrogen and oxygen atoms in total. The lowest BCUT2D eigenvalue weighted by Gasteiger charge is -2.42. The minimum Gasteiger partial charge on any atom is -0.330 e. The predicted octanol–water partition coefficient (Wildman–Crippen LogP) is 2.09. The Balaban J connectivity index is 1.51. The van der Waals surface area contributed by atoms with Crippen molar-refractivity contribution in [1.29, 1.82) is 0 Å². The van der Waals surface area contributed by atoms with Gasteiger partial charge < -0.3 is 4.90 Å². The zero-order valence-electron chi connectivity index (χ0n) is 21.5. The van der Waals surface area contributed by atoms with Gasteiger partial charge >= 0.3 is 11.6 Å². The van der Waals surface area contributed by atoms with Gasteiger partial charge in [0.2, 0.25) is 11.4 Å². The maximum atomic E-state index is 13.6. The first-order valence-electron chi connectivity index (χ1n) is 12.4. The minimum atomic E-state index is -0.895. The van der Waals surface area contributed by atoms with E-state index in [9.17, 15) is 18.8 Å². The van der Waals surface area contributed by atoms with Crippen molar-refractivity contribution >= 4 is 17.5 Å². The van der Waals surface area contributed by atoms with Gasteiger partial charge in [0.15, 0.2) is 6.20 Å². The van der Waals surface area contributed by atoms with Crippen LogP contribution >= 0.6 is 0 Å². The smallest absolute Gasteiger partial charge is 0.313 e. The van der Waals surface area contributed by atoms with Crippen molar-refractivity contribution in [3.05, 3.63) is 81.8 Å². The highest BCUT2D eigenvalue weighted by atomic mass is 19.1. The second-order valence-electron chi connectivity index (χ2n) is 11.0. The number of piperazine rings is 1. The van der Waals surface area contributed by atoms with E-state index in [0.29, 0.717) is 24.5 Å². The number of carbonyl (C=O) groups is 2. The SMILES string of the molecule is CC(C)(C)c1cc(-c2ccc(F)cc2)nn2cc3[n+](c12)C1(C)CN(C(=O)c2ccn[nH]c2=O)CCN1C3=O. The highest BCUT2D eigenvalue weighted by Gasteiger charge is 2.57. The van der Waals surface area contributed by atoms with Crippen LogP contribution in [0.4, 0.5) is 4.39 Å². The van der Waals surface area contributed by atoms with Crippen molar-refractivity contribution in [3.8, 4) is 11.3 Å². The Morgan fingerprint density at radius 3 is 2.55 bits per heavy atom. The molecule has 2 amide bonds. The zero-order valence-corrected chi connectivity index (χ0v) is 21.5. The molecular weight excluding hydrogens is 489 g/mol. The summed E-state index contributed by atoms with van der Waals surface area (Å²) in [7, 11) is 0. The van der Waals surface area contributed by atoms with Crippen molar-refractivity contribution in [3.63, 3.8) is 0 Å². The number of carbonyl (C=O) groups excluding carboxylic acids is 2. The molecule has 0 spiro atoms. The fraction of sp³-hybridized carbons (Fsp3) is 0.333. The number of hydrogen-bond acceptors (Lipinski definition) is 5. The molecule has 2 aliphatic rings. The summed E-state index contributed by atoms with van der Waals surface area (Å²) >= 11 is 0. The van der Waals surface area contributed by atoms with Gasteiger partial charge in [-0.15, -0.1) is 0 Å². The Morgan fingerprint density at radius 2 is 1.87 bits per heavy atom. The second kappa shape index (κ2) is 8.04. The van der Waals surface area contributed by atoms with E-state index >= 15 is 0 Å². The summed E-state index contributed by atoms with van der Waals surface area (Å²) in [5.74, 6) is -0.882. The van der Waals surface area contributed by atoms with Crippen molar-refractivity contribution in [2.75, 3.05) is 19.6 Å². The van der Waals surface area contributed by atoms with Crippen LogP contribution in [0.1, 0.15) is 54.1 Å². The number of H-pyrrole nitrogens is 1. The van der Waals surface area contributed by atoms with Gasteiger partial charge in [-0.3, -0.25) is 19.3 Å². The third-order valence-corrected chi connectivity index (χ3v) is 7.46. The molecule has 1 fully saturated rings. The Hall–Kier alpha value is -4.41. The molecule has 0 radical (unpaired) electrons. The summed E-state index contributed by atoms with van der Waals surface area (Å²) in [4.78, 5) is 42.6. The lowest BCUT2D eigenvalue weighted by atomic mass is 9.87. The van der Waals surface area contributed by atoms with Crippen LogP contribution in [-0.2, 0) is 11.1 Å². The summed E-state index contributed by atoms with van der Waals surface area (Å²) in [5, 5.41) is 10.8. The number of hydrogen-bond donors (Lipinski definition) is 1. The summed E-state index contributed by atoms with van der Waals surface area (Å²) in [5.41, 5.74) is 1.80. The summed E-state index contributed by atoms with van der Waals surface area (Å²) in [6.07, 6.45) is 3.10. The lowest BCUT2D eigenvalue weighted by Crippen LogP contribution is -2.69. The van der Waals surface area contributed by atoms with Crippen LogP contribution in [0.15, 0.2) is 53.6 Å².